The standard InChI is InChI=1S/C31H33Cl3N4O6/c1-20-27(18-36-14-16-37(17-15-36)25-10-12-26(13-11-25)38(41)42)43-29(44-28(20)22-4-2-21(19-39)3-5-22)23-6-8-24(9-7-23)35-30(40)31(32,33)34/h2-13,20,27-29,39H,14-19H2,1H3,(H,35,40)/t20-,27+,28+,29+/m0/s1. The topological polar surface area (TPSA) is 117 Å². The van der Waals surface area contributed by atoms with Crippen molar-refractivity contribution in [2.75, 3.05) is 42.9 Å². The average molecular weight is 664 g/mol. The minimum Gasteiger partial charge on any atom is -0.392 e. The van der Waals surface area contributed by atoms with Gasteiger partial charge in [0.15, 0.2) is 6.29 Å². The molecule has 0 radical (unpaired) electrons. The SMILES string of the molecule is C[C@H]1[C@@H](CN2CCN(c3ccc([N+](=O)[O-])cc3)CC2)O[C@@H](c2ccc(NC(=O)C(Cl)(Cl)Cl)cc2)O[C@H]1c1ccc(CO)cc1. The van der Waals surface area contributed by atoms with Crippen LogP contribution in [0.1, 0.15) is 36.0 Å². The number of benzene rings is 3. The van der Waals surface area contributed by atoms with Crippen LogP contribution < -0.4 is 10.2 Å². The van der Waals surface area contributed by atoms with E-state index in [1.807, 2.05) is 24.3 Å². The maximum Gasteiger partial charge on any atom is 0.276 e. The first-order valence-corrected chi connectivity index (χ1v) is 15.4. The molecule has 0 unspecified atom stereocenters. The number of aliphatic hydroxyl groups excluding tert-OH is 1. The van der Waals surface area contributed by atoms with Crippen LogP contribution in [0.25, 0.3) is 0 Å². The lowest BCUT2D eigenvalue weighted by Crippen LogP contribution is -2.51. The highest BCUT2D eigenvalue weighted by Gasteiger charge is 2.39. The first-order chi connectivity index (χ1) is 21.0. The Kier molecular flexibility index (Phi) is 10.3. The van der Waals surface area contributed by atoms with Crippen molar-refractivity contribution < 1.29 is 24.3 Å². The van der Waals surface area contributed by atoms with Crippen LogP contribution in [-0.4, -0.2) is 63.5 Å². The summed E-state index contributed by atoms with van der Waals surface area (Å²) in [5.74, 6) is -0.740. The summed E-state index contributed by atoms with van der Waals surface area (Å²) in [7, 11) is 0. The number of nitro groups is 1. The van der Waals surface area contributed by atoms with E-state index in [9.17, 15) is 20.0 Å². The van der Waals surface area contributed by atoms with Gasteiger partial charge in [0.05, 0.1) is 23.7 Å². The van der Waals surface area contributed by atoms with Crippen molar-refractivity contribution in [1.82, 2.24) is 4.90 Å². The molecule has 2 aliphatic rings. The molecule has 2 N–H and O–H groups in total. The molecule has 2 saturated heterocycles. The molecule has 5 rings (SSSR count). The fraction of sp³-hybridized carbons (Fsp3) is 0.387. The summed E-state index contributed by atoms with van der Waals surface area (Å²) >= 11 is 17.0. The van der Waals surface area contributed by atoms with Gasteiger partial charge in [0.25, 0.3) is 15.4 Å². The maximum absolute atomic E-state index is 12.1. The Morgan fingerprint density at radius 1 is 0.955 bits per heavy atom. The first kappa shape index (κ1) is 32.4. The molecule has 13 heteroatoms. The Bertz CT molecular complexity index is 1430. The fourth-order valence-corrected chi connectivity index (χ4v) is 5.62. The lowest BCUT2D eigenvalue weighted by Gasteiger charge is -2.44. The highest BCUT2D eigenvalue weighted by Crippen LogP contribution is 2.42. The zero-order chi connectivity index (χ0) is 31.4. The number of amides is 1. The highest BCUT2D eigenvalue weighted by molar-refractivity contribution is 6.76. The zero-order valence-electron chi connectivity index (χ0n) is 23.9. The third kappa shape index (κ3) is 7.81. The monoisotopic (exact) mass is 662 g/mol. The van der Waals surface area contributed by atoms with Gasteiger partial charge in [-0.1, -0.05) is 78.1 Å². The van der Waals surface area contributed by atoms with Gasteiger partial charge in [-0.25, -0.2) is 0 Å². The molecule has 0 spiro atoms. The number of halogens is 3. The van der Waals surface area contributed by atoms with Crippen molar-refractivity contribution >= 4 is 57.8 Å². The van der Waals surface area contributed by atoms with Crippen LogP contribution in [-0.2, 0) is 20.9 Å². The number of alkyl halides is 3. The van der Waals surface area contributed by atoms with E-state index >= 15 is 0 Å². The molecule has 2 fully saturated rings. The van der Waals surface area contributed by atoms with E-state index in [2.05, 4.69) is 22.0 Å². The summed E-state index contributed by atoms with van der Waals surface area (Å²) in [4.78, 5) is 27.3. The number of anilines is 2. The second kappa shape index (κ2) is 14.0. The largest absolute Gasteiger partial charge is 0.392 e. The van der Waals surface area contributed by atoms with Crippen LogP contribution >= 0.6 is 34.8 Å². The number of nitrogens with zero attached hydrogens (tertiary/aromatic N) is 3. The van der Waals surface area contributed by atoms with Crippen LogP contribution in [0.2, 0.25) is 0 Å². The normalized spacial score (nSPS) is 22.9. The molecule has 4 atom stereocenters. The Hall–Kier alpha value is -2.96. The van der Waals surface area contributed by atoms with Crippen molar-refractivity contribution in [3.63, 3.8) is 0 Å². The molecular weight excluding hydrogens is 631 g/mol. The Morgan fingerprint density at radius 3 is 2.14 bits per heavy atom. The lowest BCUT2D eigenvalue weighted by atomic mass is 9.90. The number of nitrogens with one attached hydrogen (secondary N) is 1. The van der Waals surface area contributed by atoms with E-state index in [0.29, 0.717) is 12.2 Å². The van der Waals surface area contributed by atoms with Gasteiger partial charge in [-0.05, 0) is 35.4 Å². The Balaban J connectivity index is 1.29. The number of rotatable bonds is 8. The number of piperazine rings is 1. The Morgan fingerprint density at radius 2 is 1.57 bits per heavy atom. The van der Waals surface area contributed by atoms with Crippen molar-refractivity contribution in [3.05, 3.63) is 99.6 Å². The number of non-ortho nitro benzene ring substituents is 1. The summed E-state index contributed by atoms with van der Waals surface area (Å²) in [5, 5.41) is 23.1. The molecule has 0 aromatic heterocycles. The van der Waals surface area contributed by atoms with Gasteiger partial charge in [-0.3, -0.25) is 19.8 Å². The number of nitro benzene ring substituents is 1. The molecule has 2 heterocycles. The van der Waals surface area contributed by atoms with Crippen LogP contribution in [0.5, 0.6) is 0 Å². The second-order valence-corrected chi connectivity index (χ2v) is 13.2. The van der Waals surface area contributed by atoms with Crippen LogP contribution in [0, 0.1) is 16.0 Å². The van der Waals surface area contributed by atoms with Crippen molar-refractivity contribution in [2.45, 2.75) is 35.8 Å². The fourth-order valence-electron chi connectivity index (χ4n) is 5.48. The molecule has 10 nitrogen and oxygen atoms in total. The molecular formula is C31H33Cl3N4O6. The molecule has 44 heavy (non-hydrogen) atoms. The molecule has 0 aliphatic carbocycles. The van der Waals surface area contributed by atoms with E-state index in [0.717, 1.165) is 48.6 Å². The molecule has 1 amide bonds. The minimum atomic E-state index is -2.08. The molecule has 0 saturated carbocycles. The predicted octanol–water partition coefficient (Wildman–Crippen LogP) is 6.01. The molecule has 3 aromatic rings. The first-order valence-electron chi connectivity index (χ1n) is 14.2. The Labute approximate surface area is 270 Å². The lowest BCUT2D eigenvalue weighted by molar-refractivity contribution is -0.384. The van der Waals surface area contributed by atoms with E-state index in [4.69, 9.17) is 44.3 Å². The highest BCUT2D eigenvalue weighted by atomic mass is 35.6. The summed E-state index contributed by atoms with van der Waals surface area (Å²) < 4.78 is 11.0. The van der Waals surface area contributed by atoms with Gasteiger partial charge in [-0.15, -0.1) is 0 Å². The summed E-state index contributed by atoms with van der Waals surface area (Å²) in [6, 6.07) is 21.4. The number of aliphatic hydroxyl groups is 1. The van der Waals surface area contributed by atoms with Gasteiger partial charge in [0.1, 0.15) is 0 Å². The van der Waals surface area contributed by atoms with Crippen molar-refractivity contribution in [1.29, 1.82) is 0 Å². The summed E-state index contributed by atoms with van der Waals surface area (Å²) in [6.07, 6.45) is -1.10. The summed E-state index contributed by atoms with van der Waals surface area (Å²) in [5.41, 5.74) is 4.09. The summed E-state index contributed by atoms with van der Waals surface area (Å²) in [6.45, 7) is 5.96. The van der Waals surface area contributed by atoms with Crippen LogP contribution in [0.15, 0.2) is 72.8 Å². The number of carbonyl (C=O) groups is 1. The number of hydrogen-bond donors (Lipinski definition) is 2. The maximum atomic E-state index is 12.1. The molecule has 0 bridgehead atoms. The smallest absolute Gasteiger partial charge is 0.276 e. The van der Waals surface area contributed by atoms with E-state index in [-0.39, 0.29) is 30.4 Å². The van der Waals surface area contributed by atoms with Crippen molar-refractivity contribution in [3.8, 4) is 0 Å². The zero-order valence-corrected chi connectivity index (χ0v) is 26.2. The van der Waals surface area contributed by atoms with Gasteiger partial charge in [0.2, 0.25) is 0 Å². The van der Waals surface area contributed by atoms with E-state index < -0.39 is 20.9 Å². The van der Waals surface area contributed by atoms with Gasteiger partial charge < -0.3 is 24.8 Å². The number of ether oxygens (including phenoxy) is 2. The van der Waals surface area contributed by atoms with Gasteiger partial charge in [-0.2, -0.15) is 0 Å². The van der Waals surface area contributed by atoms with Gasteiger partial charge >= 0.3 is 0 Å². The predicted molar refractivity (Wildman–Crippen MR) is 170 cm³/mol. The third-order valence-electron chi connectivity index (χ3n) is 8.06. The number of carbonyl (C=O) groups excluding carboxylic acids is 1. The number of hydrogen-bond acceptors (Lipinski definition) is 8. The van der Waals surface area contributed by atoms with Crippen LogP contribution in [0.3, 0.4) is 0 Å². The molecule has 2 aliphatic heterocycles. The van der Waals surface area contributed by atoms with E-state index in [1.165, 1.54) is 12.1 Å². The third-order valence-corrected chi connectivity index (χ3v) is 8.57. The molecule has 234 valence electrons. The van der Waals surface area contributed by atoms with Crippen molar-refractivity contribution in [2.24, 2.45) is 5.92 Å². The van der Waals surface area contributed by atoms with Crippen LogP contribution in [0.4, 0.5) is 17.1 Å². The minimum absolute atomic E-state index is 0.0155. The second-order valence-electron chi connectivity index (χ2n) is 11.0. The van der Waals surface area contributed by atoms with Gasteiger partial charge in [0, 0.05) is 67.7 Å². The average Bonchev–Trinajstić information content (AvgIpc) is 3.02. The van der Waals surface area contributed by atoms with E-state index in [1.54, 1.807) is 36.4 Å². The molecule has 3 aromatic carbocycles. The quantitative estimate of drug-likeness (QED) is 0.171.